The zero-order valence-electron chi connectivity index (χ0n) is 34.0. The molecule has 1 aliphatic carbocycles. The number of thiazole rings is 1. The number of hydrogen-bond acceptors (Lipinski definition) is 15. The maximum absolute atomic E-state index is 14.5. The van der Waals surface area contributed by atoms with E-state index in [9.17, 15) is 58.6 Å². The first-order valence-corrected chi connectivity index (χ1v) is 24.4. The highest BCUT2D eigenvalue weighted by molar-refractivity contribution is 7.90. The Bertz CT molecular complexity index is 2970. The zero-order chi connectivity index (χ0) is 46.4. The van der Waals surface area contributed by atoms with Crippen molar-refractivity contribution >= 4 is 98.9 Å². The molecule has 334 valence electrons. The van der Waals surface area contributed by atoms with Gasteiger partial charge in [-0.1, -0.05) is 43.4 Å². The molecule has 6 rings (SSSR count). The average Bonchev–Trinajstić information content (AvgIpc) is 3.75. The van der Waals surface area contributed by atoms with Gasteiger partial charge in [0, 0.05) is 80.1 Å². The molecule has 2 aliphatic heterocycles. The van der Waals surface area contributed by atoms with E-state index in [0.717, 1.165) is 47.4 Å². The van der Waals surface area contributed by atoms with Gasteiger partial charge < -0.3 is 14.9 Å². The lowest BCUT2D eigenvalue weighted by molar-refractivity contribution is -0.648. The Morgan fingerprint density at radius 3 is 2.21 bits per heavy atom. The maximum Gasteiger partial charge on any atom is 0.303 e. The van der Waals surface area contributed by atoms with E-state index in [1.54, 1.807) is 50.1 Å². The number of anilines is 1. The summed E-state index contributed by atoms with van der Waals surface area (Å²) in [5.41, 5.74) is 1.04. The van der Waals surface area contributed by atoms with Crippen LogP contribution in [0.4, 0.5) is 5.69 Å². The lowest BCUT2D eigenvalue weighted by Crippen LogP contribution is -2.45. The number of likely N-dealkylation sites (N-methyl/N-ethyl adjacent to an activating group) is 1. The van der Waals surface area contributed by atoms with Crippen molar-refractivity contribution in [3.63, 3.8) is 0 Å². The van der Waals surface area contributed by atoms with E-state index < -0.39 is 100 Å². The van der Waals surface area contributed by atoms with E-state index in [4.69, 9.17) is 5.11 Å². The Kier molecular flexibility index (Phi) is 12.7. The van der Waals surface area contributed by atoms with Gasteiger partial charge in [-0.25, -0.2) is 13.1 Å². The molecule has 4 amide bonds. The van der Waals surface area contributed by atoms with Crippen LogP contribution in [0.5, 0.6) is 0 Å². The number of para-hydroxylation sites is 1. The van der Waals surface area contributed by atoms with Gasteiger partial charge >= 0.3 is 5.97 Å². The third-order valence-electron chi connectivity index (χ3n) is 10.2. The van der Waals surface area contributed by atoms with Crippen LogP contribution in [0, 0.1) is 0 Å². The Hall–Kier alpha value is -6.08. The number of Topliss-reactive ketones (excluding diaryl/α,β-unsaturated/α-hetero) is 1. The van der Waals surface area contributed by atoms with Gasteiger partial charge in [-0.3, -0.25) is 42.9 Å². The normalized spacial score (nSPS) is 17.5. The number of carboxylic acid groups (broad SMARTS) is 1. The molecule has 24 heteroatoms. The molecule has 0 spiro atoms. The summed E-state index contributed by atoms with van der Waals surface area (Å²) in [5.74, 6) is -6.45. The van der Waals surface area contributed by atoms with Crippen molar-refractivity contribution < 1.29 is 68.2 Å². The summed E-state index contributed by atoms with van der Waals surface area (Å²) in [4.78, 5) is 77.9. The number of allylic oxidation sites excluding steroid dienone is 4. The Morgan fingerprint density at radius 1 is 0.905 bits per heavy atom. The number of carboxylic acids is 1. The van der Waals surface area contributed by atoms with Crippen LogP contribution in [0.15, 0.2) is 88.1 Å². The third kappa shape index (κ3) is 9.94. The van der Waals surface area contributed by atoms with Crippen molar-refractivity contribution in [1.29, 1.82) is 0 Å². The van der Waals surface area contributed by atoms with Crippen LogP contribution in [-0.4, -0.2) is 106 Å². The molecule has 63 heavy (non-hydrogen) atoms. The Balaban J connectivity index is 1.49. The van der Waals surface area contributed by atoms with Gasteiger partial charge in [0.25, 0.3) is 52.9 Å². The summed E-state index contributed by atoms with van der Waals surface area (Å²) in [5, 5.41) is 9.08. The number of carbonyl (C=O) groups is 6. The van der Waals surface area contributed by atoms with Gasteiger partial charge in [0.1, 0.15) is 10.6 Å². The zero-order valence-corrected chi connectivity index (χ0v) is 37.3. The van der Waals surface area contributed by atoms with Crippen molar-refractivity contribution in [2.45, 2.75) is 56.2 Å². The smallest absolute Gasteiger partial charge is 0.303 e. The van der Waals surface area contributed by atoms with Crippen LogP contribution in [0.1, 0.15) is 50.6 Å². The molecule has 0 radical (unpaired) electrons. The maximum atomic E-state index is 14.5. The number of fused-ring (bicyclic) bond motifs is 2. The van der Waals surface area contributed by atoms with E-state index in [1.165, 1.54) is 27.7 Å². The number of carbonyl (C=O) groups excluding carboxylic acids is 5. The quantitative estimate of drug-likeness (QED) is 0.0642. The Morgan fingerprint density at radius 2 is 1.57 bits per heavy atom. The monoisotopic (exact) mass is 945 g/mol. The third-order valence-corrected chi connectivity index (χ3v) is 14.5. The number of aromatic nitrogens is 1. The molecule has 0 unspecified atom stereocenters. The fourth-order valence-corrected chi connectivity index (χ4v) is 11.5. The summed E-state index contributed by atoms with van der Waals surface area (Å²) in [7, 11) is -11.9. The van der Waals surface area contributed by atoms with Crippen molar-refractivity contribution in [2.75, 3.05) is 30.9 Å². The fraction of sp³-hybridized carbons (Fsp3) is 0.308. The molecular weight excluding hydrogens is 905 g/mol. The first-order chi connectivity index (χ1) is 29.3. The van der Waals surface area contributed by atoms with Gasteiger partial charge in [0.15, 0.2) is 5.78 Å². The highest BCUT2D eigenvalue weighted by atomic mass is 32.2. The summed E-state index contributed by atoms with van der Waals surface area (Å²) in [6.45, 7) is 4.76. The van der Waals surface area contributed by atoms with Crippen LogP contribution in [0.3, 0.4) is 0 Å². The number of sulfonamides is 2. The molecule has 3 aliphatic rings. The van der Waals surface area contributed by atoms with Crippen molar-refractivity contribution in [2.24, 2.45) is 0 Å². The molecule has 4 N–H and O–H groups in total. The predicted octanol–water partition coefficient (Wildman–Crippen LogP) is 1.28. The van der Waals surface area contributed by atoms with E-state index >= 15 is 0 Å². The number of nitrogens with one attached hydrogen (secondary N) is 2. The van der Waals surface area contributed by atoms with Crippen molar-refractivity contribution in [3.8, 4) is 0 Å². The summed E-state index contributed by atoms with van der Waals surface area (Å²) >= 11 is 0.879. The second-order valence-electron chi connectivity index (χ2n) is 15.2. The minimum absolute atomic E-state index is 0.0191. The average molecular weight is 946 g/mol. The second-order valence-corrected chi connectivity index (χ2v) is 21.1. The minimum Gasteiger partial charge on any atom is -0.481 e. The number of rotatable bonds is 17. The predicted molar refractivity (Wildman–Crippen MR) is 227 cm³/mol. The van der Waals surface area contributed by atoms with Gasteiger partial charge in [-0.2, -0.15) is 21.4 Å². The number of nitrogens with zero attached hydrogens (tertiary/aromatic N) is 4. The van der Waals surface area contributed by atoms with Gasteiger partial charge in [-0.15, -0.1) is 0 Å². The fourth-order valence-electron chi connectivity index (χ4n) is 7.41. The molecule has 0 bridgehead atoms. The summed E-state index contributed by atoms with van der Waals surface area (Å²) in [6.07, 6.45) is 4.19. The van der Waals surface area contributed by atoms with E-state index in [1.807, 2.05) is 9.44 Å². The van der Waals surface area contributed by atoms with Crippen LogP contribution in [0.25, 0.3) is 16.3 Å². The van der Waals surface area contributed by atoms with E-state index in [0.29, 0.717) is 16.9 Å². The lowest BCUT2D eigenvalue weighted by Gasteiger charge is -2.34. The number of hydrogen-bond donors (Lipinski definition) is 4. The van der Waals surface area contributed by atoms with Crippen LogP contribution in [-0.2, 0) is 70.2 Å². The summed E-state index contributed by atoms with van der Waals surface area (Å²) in [6, 6.07) is 10.3. The first kappa shape index (κ1) is 46.4. The van der Waals surface area contributed by atoms with Crippen LogP contribution < -0.4 is 18.9 Å². The standard InChI is InChI=1S/C39H40N6O14S4/c1-23(46)40-61(53,54)22-45-29-11-10-24(63(57,58)59)18-30(29)60-35(45)20-26-37(42(4)16-7-17-43-33(48)13-14-34(43)49)25(38(26)52)19-31-39(2,3)27-8-5-6-9-28(27)44(31)21-62(55,56)41-32(47)12-15-36(50)51/h5-6,8-11,13-14,18-20H,7,12,15-17,21-22H2,1-4H3,(H3-,40,41,46,47,50,51,57,58,59)/p+1. The second kappa shape index (κ2) is 17.2. The highest BCUT2D eigenvalue weighted by Gasteiger charge is 2.45. The molecule has 2 aromatic carbocycles. The molecule has 0 saturated heterocycles. The van der Waals surface area contributed by atoms with Gasteiger partial charge in [0.05, 0.1) is 22.6 Å². The SMILES string of the molecule is CC(=O)NS(=O)(=O)C[n+]1c(C=C2C(=O)C(C=C3N(CS(=O)(=O)NC(=O)CCC(=O)O)c4ccccc4C3(C)C)=C2N(C)CCCN2C(=O)C=CC2=O)sc2cc(S(=O)(=O)O)ccc21. The molecule has 0 fully saturated rings. The molecule has 20 nitrogen and oxygen atoms in total. The van der Waals surface area contributed by atoms with Gasteiger partial charge in [-0.05, 0) is 36.3 Å². The van der Waals surface area contributed by atoms with E-state index in [2.05, 4.69) is 0 Å². The number of imide groups is 1. The van der Waals surface area contributed by atoms with E-state index in [-0.39, 0.29) is 51.6 Å². The highest BCUT2D eigenvalue weighted by Crippen LogP contribution is 2.49. The number of benzene rings is 2. The largest absolute Gasteiger partial charge is 0.481 e. The molecule has 3 heterocycles. The molecule has 1 aromatic heterocycles. The van der Waals surface area contributed by atoms with Crippen LogP contribution >= 0.6 is 11.3 Å². The molecule has 3 aromatic rings. The van der Waals surface area contributed by atoms with Crippen molar-refractivity contribution in [1.82, 2.24) is 19.2 Å². The minimum atomic E-state index is -4.69. The summed E-state index contributed by atoms with van der Waals surface area (Å²) < 4.78 is 92.2. The van der Waals surface area contributed by atoms with Gasteiger partial charge in [0.2, 0.25) is 17.3 Å². The molecular formula is C39H41N6O14S4+. The number of aliphatic carboxylic acids is 1. The Labute approximate surface area is 365 Å². The number of ketones is 1. The van der Waals surface area contributed by atoms with Crippen molar-refractivity contribution in [3.05, 3.63) is 93.8 Å². The first-order valence-electron chi connectivity index (χ1n) is 18.8. The number of amides is 4. The lowest BCUT2D eigenvalue weighted by atomic mass is 9.79. The topological polar surface area (TPSA) is 283 Å². The molecule has 0 atom stereocenters. The van der Waals surface area contributed by atoms with Crippen LogP contribution in [0.2, 0.25) is 0 Å². The molecule has 0 saturated carbocycles.